The van der Waals surface area contributed by atoms with Crippen molar-refractivity contribution in [3.05, 3.63) is 70.7 Å². The fourth-order valence-electron chi connectivity index (χ4n) is 3.25. The molecule has 0 radical (unpaired) electrons. The molecule has 1 saturated heterocycles. The van der Waals surface area contributed by atoms with Gasteiger partial charge in [0.2, 0.25) is 0 Å². The molecule has 2 heterocycles. The van der Waals surface area contributed by atoms with Crippen LogP contribution < -0.4 is 21.1 Å². The van der Waals surface area contributed by atoms with E-state index >= 15 is 0 Å². The number of hydrogen-bond donors (Lipinski definition) is 2. The van der Waals surface area contributed by atoms with Gasteiger partial charge in [-0.1, -0.05) is 35.4 Å². The molecule has 152 valence electrons. The molecule has 0 saturated carbocycles. The van der Waals surface area contributed by atoms with Crippen LogP contribution in [-0.4, -0.2) is 21.9 Å². The average Bonchev–Trinajstić information content (AvgIpc) is 3.19. The van der Waals surface area contributed by atoms with E-state index in [9.17, 15) is 9.59 Å². The number of hydrazine groups is 1. The minimum atomic E-state index is -1.13. The second-order valence-electron chi connectivity index (χ2n) is 6.96. The number of thiocarbonyl (C=S) groups is 1. The van der Waals surface area contributed by atoms with E-state index in [0.717, 1.165) is 11.1 Å². The molecule has 2 amide bonds. The van der Waals surface area contributed by atoms with Gasteiger partial charge in [0.05, 0.1) is 17.1 Å². The Morgan fingerprint density at radius 1 is 0.933 bits per heavy atom. The Kier molecular flexibility index (Phi) is 5.33. The van der Waals surface area contributed by atoms with Crippen molar-refractivity contribution in [1.29, 1.82) is 0 Å². The van der Waals surface area contributed by atoms with E-state index in [0.29, 0.717) is 22.2 Å². The highest BCUT2D eigenvalue weighted by Gasteiger charge is 2.47. The number of carbonyl (C=O) groups is 2. The quantitative estimate of drug-likeness (QED) is 0.281. The molecule has 0 aliphatic carbocycles. The SMILES string of the molecule is Cc1ccc(N2C(=O)C(c3csc(NN)n3)C(=O)N(c3ccc(C)cc3)C2=S)cc1. The second kappa shape index (κ2) is 7.94. The van der Waals surface area contributed by atoms with Crippen LogP contribution in [0.3, 0.4) is 0 Å². The predicted octanol–water partition coefficient (Wildman–Crippen LogP) is 3.49. The Morgan fingerprint density at radius 3 is 1.80 bits per heavy atom. The molecule has 3 aromatic rings. The van der Waals surface area contributed by atoms with Crippen molar-refractivity contribution < 1.29 is 9.59 Å². The summed E-state index contributed by atoms with van der Waals surface area (Å²) < 4.78 is 0. The zero-order valence-electron chi connectivity index (χ0n) is 16.3. The van der Waals surface area contributed by atoms with Crippen LogP contribution in [0, 0.1) is 13.8 Å². The number of benzene rings is 2. The number of aryl methyl sites for hydroxylation is 2. The number of nitrogens with one attached hydrogen (secondary N) is 1. The van der Waals surface area contributed by atoms with Crippen LogP contribution in [0.5, 0.6) is 0 Å². The third-order valence-electron chi connectivity index (χ3n) is 4.84. The Balaban J connectivity index is 1.84. The van der Waals surface area contributed by atoms with Crippen LogP contribution in [0.25, 0.3) is 0 Å². The second-order valence-corrected chi connectivity index (χ2v) is 8.18. The number of anilines is 3. The minimum Gasteiger partial charge on any atom is -0.300 e. The number of nitrogens with zero attached hydrogens (tertiary/aromatic N) is 3. The Morgan fingerprint density at radius 2 is 1.40 bits per heavy atom. The number of carbonyl (C=O) groups excluding carboxylic acids is 2. The number of hydrogen-bond acceptors (Lipinski definition) is 7. The van der Waals surface area contributed by atoms with Gasteiger partial charge in [-0.05, 0) is 50.3 Å². The highest BCUT2D eigenvalue weighted by Crippen LogP contribution is 2.35. The molecule has 1 aliphatic rings. The van der Waals surface area contributed by atoms with Gasteiger partial charge in [-0.3, -0.25) is 24.8 Å². The van der Waals surface area contributed by atoms with Crippen LogP contribution in [-0.2, 0) is 9.59 Å². The first-order valence-corrected chi connectivity index (χ1v) is 10.5. The van der Waals surface area contributed by atoms with Gasteiger partial charge >= 0.3 is 0 Å². The lowest BCUT2D eigenvalue weighted by Gasteiger charge is -2.38. The minimum absolute atomic E-state index is 0.112. The van der Waals surface area contributed by atoms with Gasteiger partial charge in [-0.25, -0.2) is 10.8 Å². The molecular weight excluding hydrogens is 418 g/mol. The molecule has 30 heavy (non-hydrogen) atoms. The molecule has 0 spiro atoms. The number of amides is 2. The van der Waals surface area contributed by atoms with Gasteiger partial charge in [0.25, 0.3) is 11.8 Å². The normalized spacial score (nSPS) is 15.1. The first kappa shape index (κ1) is 20.1. The molecule has 7 nitrogen and oxygen atoms in total. The lowest BCUT2D eigenvalue weighted by atomic mass is 9.99. The summed E-state index contributed by atoms with van der Waals surface area (Å²) in [5, 5.41) is 2.19. The maximum Gasteiger partial charge on any atom is 0.252 e. The van der Waals surface area contributed by atoms with Gasteiger partial charge in [-0.2, -0.15) is 0 Å². The molecule has 2 aromatic carbocycles. The van der Waals surface area contributed by atoms with Crippen molar-refractivity contribution in [2.75, 3.05) is 15.2 Å². The zero-order chi connectivity index (χ0) is 21.4. The van der Waals surface area contributed by atoms with E-state index in [-0.39, 0.29) is 5.11 Å². The highest BCUT2D eigenvalue weighted by atomic mass is 32.1. The molecule has 0 atom stereocenters. The van der Waals surface area contributed by atoms with E-state index in [1.165, 1.54) is 21.1 Å². The van der Waals surface area contributed by atoms with Crippen LogP contribution >= 0.6 is 23.6 Å². The first-order chi connectivity index (χ1) is 14.4. The molecular formula is C21H19N5O2S2. The number of rotatable bonds is 4. The number of aromatic nitrogens is 1. The Hall–Kier alpha value is -3.14. The molecule has 0 bridgehead atoms. The largest absolute Gasteiger partial charge is 0.300 e. The van der Waals surface area contributed by atoms with Crippen molar-refractivity contribution in [3.63, 3.8) is 0 Å². The first-order valence-electron chi connectivity index (χ1n) is 9.18. The van der Waals surface area contributed by atoms with Gasteiger partial charge in [-0.15, -0.1) is 11.3 Å². The maximum atomic E-state index is 13.5. The fraction of sp³-hybridized carbons (Fsp3) is 0.143. The summed E-state index contributed by atoms with van der Waals surface area (Å²) >= 11 is 6.85. The average molecular weight is 438 g/mol. The Bertz CT molecular complexity index is 1060. The van der Waals surface area contributed by atoms with E-state index < -0.39 is 17.7 Å². The molecule has 1 aromatic heterocycles. The lowest BCUT2D eigenvalue weighted by molar-refractivity contribution is -0.128. The smallest absolute Gasteiger partial charge is 0.252 e. The fourth-order valence-corrected chi connectivity index (χ4v) is 4.29. The summed E-state index contributed by atoms with van der Waals surface area (Å²) in [5.41, 5.74) is 6.08. The van der Waals surface area contributed by atoms with E-state index in [1.54, 1.807) is 5.38 Å². The number of nitrogen functional groups attached to an aromatic ring is 1. The van der Waals surface area contributed by atoms with Crippen molar-refractivity contribution in [1.82, 2.24) is 4.98 Å². The van der Waals surface area contributed by atoms with Crippen LogP contribution in [0.4, 0.5) is 16.5 Å². The molecule has 4 rings (SSSR count). The van der Waals surface area contributed by atoms with E-state index in [4.69, 9.17) is 18.1 Å². The predicted molar refractivity (Wildman–Crippen MR) is 123 cm³/mol. The zero-order valence-corrected chi connectivity index (χ0v) is 18.0. The van der Waals surface area contributed by atoms with E-state index in [1.807, 2.05) is 62.4 Å². The summed E-state index contributed by atoms with van der Waals surface area (Å²) in [7, 11) is 0. The third-order valence-corrected chi connectivity index (χ3v) is 6.00. The molecule has 0 unspecified atom stereocenters. The van der Waals surface area contributed by atoms with Crippen molar-refractivity contribution >= 4 is 57.0 Å². The van der Waals surface area contributed by atoms with E-state index in [2.05, 4.69) is 10.4 Å². The monoisotopic (exact) mass is 437 g/mol. The van der Waals surface area contributed by atoms with Gasteiger partial charge in [0.1, 0.15) is 0 Å². The maximum absolute atomic E-state index is 13.5. The third kappa shape index (κ3) is 3.47. The number of nitrogens with two attached hydrogens (primary N) is 1. The summed E-state index contributed by atoms with van der Waals surface area (Å²) in [6.45, 7) is 3.92. The Labute approximate surface area is 183 Å². The standard InChI is InChI=1S/C21H19N5O2S2/c1-12-3-7-14(8-4-12)25-18(27)17(16-11-30-20(23-16)24-22)19(28)26(21(25)29)15-9-5-13(2)6-10-15/h3-11,17H,22H2,1-2H3,(H,23,24). The van der Waals surface area contributed by atoms with Crippen molar-refractivity contribution in [3.8, 4) is 0 Å². The molecule has 3 N–H and O–H groups in total. The summed E-state index contributed by atoms with van der Waals surface area (Å²) in [6.07, 6.45) is 0. The van der Waals surface area contributed by atoms with Crippen LogP contribution in [0.15, 0.2) is 53.9 Å². The highest BCUT2D eigenvalue weighted by molar-refractivity contribution is 7.81. The molecule has 1 aliphatic heterocycles. The lowest BCUT2D eigenvalue weighted by Crippen LogP contribution is -2.59. The van der Waals surface area contributed by atoms with Crippen LogP contribution in [0.1, 0.15) is 22.7 Å². The summed E-state index contributed by atoms with van der Waals surface area (Å²) in [4.78, 5) is 34.0. The molecule has 1 fully saturated rings. The van der Waals surface area contributed by atoms with Crippen molar-refractivity contribution in [2.45, 2.75) is 19.8 Å². The van der Waals surface area contributed by atoms with Crippen molar-refractivity contribution in [2.24, 2.45) is 5.84 Å². The number of thiazole rings is 1. The van der Waals surface area contributed by atoms with Gasteiger partial charge in [0.15, 0.2) is 16.2 Å². The van der Waals surface area contributed by atoms with Gasteiger partial charge < -0.3 is 0 Å². The summed E-state index contributed by atoms with van der Waals surface area (Å²) in [6, 6.07) is 14.8. The molecule has 9 heteroatoms. The summed E-state index contributed by atoms with van der Waals surface area (Å²) in [5.74, 6) is 3.43. The van der Waals surface area contributed by atoms with Crippen LogP contribution in [0.2, 0.25) is 0 Å². The topological polar surface area (TPSA) is 91.6 Å². The van der Waals surface area contributed by atoms with Gasteiger partial charge in [0, 0.05) is 5.38 Å².